The second-order valence-electron chi connectivity index (χ2n) is 4.85. The van der Waals surface area contributed by atoms with Crippen LogP contribution in [0, 0.1) is 6.92 Å². The van der Waals surface area contributed by atoms with Gasteiger partial charge in [-0.3, -0.25) is 0 Å². The normalized spacial score (nSPS) is 10.5. The minimum absolute atomic E-state index is 0.131. The first kappa shape index (κ1) is 13.9. The minimum Gasteiger partial charge on any atom is -0.507 e. The summed E-state index contributed by atoms with van der Waals surface area (Å²) in [6.07, 6.45) is 0. The Balaban J connectivity index is 1.96. The first-order valence-corrected chi connectivity index (χ1v) is 6.83. The highest BCUT2D eigenvalue weighted by Gasteiger charge is 2.09. The van der Waals surface area contributed by atoms with E-state index in [0.29, 0.717) is 22.8 Å². The summed E-state index contributed by atoms with van der Waals surface area (Å²) in [6.45, 7) is 1.88. The number of rotatable bonds is 3. The number of hydrogen-bond acceptors (Lipinski definition) is 6. The molecule has 3 aromatic rings. The van der Waals surface area contributed by atoms with Crippen LogP contribution in [0.4, 0.5) is 5.82 Å². The molecule has 6 nitrogen and oxygen atoms in total. The Morgan fingerprint density at radius 3 is 2.23 bits per heavy atom. The molecule has 0 amide bonds. The van der Waals surface area contributed by atoms with Gasteiger partial charge >= 0.3 is 0 Å². The summed E-state index contributed by atoms with van der Waals surface area (Å²) >= 11 is 0. The van der Waals surface area contributed by atoms with Crippen molar-refractivity contribution in [2.24, 2.45) is 0 Å². The van der Waals surface area contributed by atoms with Crippen molar-refractivity contribution in [1.82, 2.24) is 20.4 Å². The zero-order chi connectivity index (χ0) is 15.5. The molecule has 2 aromatic heterocycles. The number of aromatic nitrogens is 4. The van der Waals surface area contributed by atoms with Gasteiger partial charge < -0.3 is 10.4 Å². The molecule has 2 N–H and O–H groups in total. The third-order valence-corrected chi connectivity index (χ3v) is 3.29. The smallest absolute Gasteiger partial charge is 0.148 e. The Morgan fingerprint density at radius 1 is 0.864 bits per heavy atom. The average Bonchev–Trinajstić information content (AvgIpc) is 2.56. The summed E-state index contributed by atoms with van der Waals surface area (Å²) in [5, 5.41) is 29.4. The minimum atomic E-state index is 0.131. The van der Waals surface area contributed by atoms with Gasteiger partial charge in [0.05, 0.1) is 17.1 Å². The lowest BCUT2D eigenvalue weighted by Gasteiger charge is -2.07. The van der Waals surface area contributed by atoms with Crippen LogP contribution in [0.5, 0.6) is 5.75 Å². The molecule has 110 valence electrons. The molecule has 0 saturated heterocycles. The van der Waals surface area contributed by atoms with Crippen LogP contribution in [-0.2, 0) is 0 Å². The zero-order valence-electron chi connectivity index (χ0n) is 12.3. The zero-order valence-corrected chi connectivity index (χ0v) is 12.3. The highest BCUT2D eigenvalue weighted by molar-refractivity contribution is 5.72. The second kappa shape index (κ2) is 5.77. The topological polar surface area (TPSA) is 83.8 Å². The largest absolute Gasteiger partial charge is 0.507 e. The third-order valence-electron chi connectivity index (χ3n) is 3.29. The van der Waals surface area contributed by atoms with Crippen LogP contribution in [0.25, 0.3) is 22.5 Å². The fourth-order valence-electron chi connectivity index (χ4n) is 2.07. The molecular weight excluding hydrogens is 278 g/mol. The van der Waals surface area contributed by atoms with Crippen LogP contribution < -0.4 is 5.32 Å². The van der Waals surface area contributed by atoms with Gasteiger partial charge in [0, 0.05) is 18.2 Å². The number of phenols is 1. The van der Waals surface area contributed by atoms with Crippen molar-refractivity contribution in [3.8, 4) is 28.3 Å². The molecule has 0 unspecified atom stereocenters. The highest BCUT2D eigenvalue weighted by Crippen LogP contribution is 2.31. The first-order valence-electron chi connectivity index (χ1n) is 6.83. The van der Waals surface area contributed by atoms with Gasteiger partial charge in [-0.25, -0.2) is 0 Å². The lowest BCUT2D eigenvalue weighted by atomic mass is 10.0. The molecule has 0 aliphatic carbocycles. The number of nitrogens with one attached hydrogen (secondary N) is 1. The van der Waals surface area contributed by atoms with Crippen molar-refractivity contribution < 1.29 is 5.11 Å². The van der Waals surface area contributed by atoms with E-state index in [2.05, 4.69) is 25.7 Å². The van der Waals surface area contributed by atoms with Gasteiger partial charge in [-0.15, -0.1) is 10.2 Å². The van der Waals surface area contributed by atoms with Crippen molar-refractivity contribution in [3.05, 3.63) is 48.2 Å². The monoisotopic (exact) mass is 293 g/mol. The predicted molar refractivity (Wildman–Crippen MR) is 84.4 cm³/mol. The summed E-state index contributed by atoms with van der Waals surface area (Å²) < 4.78 is 0. The van der Waals surface area contributed by atoms with E-state index in [1.807, 2.05) is 25.1 Å². The number of hydrogen-bond donors (Lipinski definition) is 2. The third kappa shape index (κ3) is 2.71. The van der Waals surface area contributed by atoms with Gasteiger partial charge in [-0.05, 0) is 43.3 Å². The lowest BCUT2D eigenvalue weighted by molar-refractivity contribution is 0.477. The Morgan fingerprint density at radius 2 is 1.64 bits per heavy atom. The maximum Gasteiger partial charge on any atom is 0.148 e. The Kier molecular flexibility index (Phi) is 3.65. The molecule has 0 spiro atoms. The molecule has 0 radical (unpaired) electrons. The number of aryl methyl sites for hydroxylation is 1. The van der Waals surface area contributed by atoms with E-state index >= 15 is 0 Å². The lowest BCUT2D eigenvalue weighted by Crippen LogP contribution is -1.95. The predicted octanol–water partition coefficient (Wildman–Crippen LogP) is 2.66. The molecule has 0 bridgehead atoms. The quantitative estimate of drug-likeness (QED) is 0.772. The maximum atomic E-state index is 10.3. The number of anilines is 1. The molecule has 22 heavy (non-hydrogen) atoms. The molecule has 3 rings (SSSR count). The second-order valence-corrected chi connectivity index (χ2v) is 4.85. The Bertz CT molecular complexity index is 785. The summed E-state index contributed by atoms with van der Waals surface area (Å²) in [5.41, 5.74) is 3.60. The highest BCUT2D eigenvalue weighted by atomic mass is 16.3. The molecule has 0 saturated carbocycles. The van der Waals surface area contributed by atoms with Crippen molar-refractivity contribution in [1.29, 1.82) is 0 Å². The van der Waals surface area contributed by atoms with Crippen LogP contribution in [-0.4, -0.2) is 32.5 Å². The van der Waals surface area contributed by atoms with Gasteiger partial charge in [0.2, 0.25) is 0 Å². The van der Waals surface area contributed by atoms with Gasteiger partial charge in [0.1, 0.15) is 11.6 Å². The molecule has 0 aliphatic heterocycles. The molecular formula is C16H15N5O. The van der Waals surface area contributed by atoms with E-state index in [1.54, 1.807) is 31.3 Å². The standard InChI is InChI=1S/C16H15N5O/c1-10-3-6-13(19-18-10)11-4-5-12(15(22)9-11)14-7-8-16(17-2)21-20-14/h3-9,22H,1-2H3,(H,17,21). The van der Waals surface area contributed by atoms with Gasteiger partial charge in [-0.1, -0.05) is 6.07 Å². The van der Waals surface area contributed by atoms with Crippen molar-refractivity contribution in [3.63, 3.8) is 0 Å². The van der Waals surface area contributed by atoms with E-state index in [9.17, 15) is 5.11 Å². The average molecular weight is 293 g/mol. The van der Waals surface area contributed by atoms with Crippen LogP contribution >= 0.6 is 0 Å². The van der Waals surface area contributed by atoms with Crippen LogP contribution in [0.3, 0.4) is 0 Å². The molecule has 0 aliphatic rings. The summed E-state index contributed by atoms with van der Waals surface area (Å²) in [6, 6.07) is 12.7. The Labute approximate surface area is 127 Å². The van der Waals surface area contributed by atoms with Gasteiger partial charge in [-0.2, -0.15) is 10.2 Å². The summed E-state index contributed by atoms with van der Waals surface area (Å²) in [7, 11) is 1.78. The van der Waals surface area contributed by atoms with E-state index < -0.39 is 0 Å². The SMILES string of the molecule is CNc1ccc(-c2ccc(-c3ccc(C)nn3)cc2O)nn1. The molecule has 1 aromatic carbocycles. The van der Waals surface area contributed by atoms with Crippen LogP contribution in [0.1, 0.15) is 5.69 Å². The van der Waals surface area contributed by atoms with E-state index in [0.717, 1.165) is 11.3 Å². The Hall–Kier alpha value is -3.02. The molecule has 2 heterocycles. The molecule has 0 fully saturated rings. The molecule has 0 atom stereocenters. The van der Waals surface area contributed by atoms with Crippen molar-refractivity contribution in [2.45, 2.75) is 6.92 Å². The van der Waals surface area contributed by atoms with Crippen LogP contribution in [0.15, 0.2) is 42.5 Å². The first-order chi connectivity index (χ1) is 10.7. The number of phenolic OH excluding ortho intramolecular Hbond substituents is 1. The van der Waals surface area contributed by atoms with E-state index in [1.165, 1.54) is 0 Å². The van der Waals surface area contributed by atoms with Crippen molar-refractivity contribution >= 4 is 5.82 Å². The fourth-order valence-corrected chi connectivity index (χ4v) is 2.07. The number of aromatic hydroxyl groups is 1. The fraction of sp³-hybridized carbons (Fsp3) is 0.125. The number of nitrogens with zero attached hydrogens (tertiary/aromatic N) is 4. The summed E-state index contributed by atoms with van der Waals surface area (Å²) in [4.78, 5) is 0. The van der Waals surface area contributed by atoms with Crippen LogP contribution in [0.2, 0.25) is 0 Å². The number of benzene rings is 1. The van der Waals surface area contributed by atoms with E-state index in [4.69, 9.17) is 0 Å². The van der Waals surface area contributed by atoms with Crippen molar-refractivity contribution in [2.75, 3.05) is 12.4 Å². The van der Waals surface area contributed by atoms with Gasteiger partial charge in [0.25, 0.3) is 0 Å². The molecule has 6 heteroatoms. The summed E-state index contributed by atoms with van der Waals surface area (Å²) in [5.74, 6) is 0.807. The van der Waals surface area contributed by atoms with Gasteiger partial charge in [0.15, 0.2) is 0 Å². The maximum absolute atomic E-state index is 10.3. The van der Waals surface area contributed by atoms with E-state index in [-0.39, 0.29) is 5.75 Å².